The molecule has 2 heteroatoms. The minimum atomic E-state index is -0.791. The van der Waals surface area contributed by atoms with E-state index in [1.54, 1.807) is 0 Å². The molecule has 3 rings (SSSR count). The lowest BCUT2D eigenvalue weighted by Gasteiger charge is -2.31. The second-order valence-corrected chi connectivity index (χ2v) is 5.36. The Morgan fingerprint density at radius 1 is 1.17 bits per heavy atom. The van der Waals surface area contributed by atoms with Gasteiger partial charge in [-0.15, -0.1) is 0 Å². The third-order valence-corrected chi connectivity index (χ3v) is 4.07. The predicted molar refractivity (Wildman–Crippen MR) is 74.5 cm³/mol. The van der Waals surface area contributed by atoms with Crippen molar-refractivity contribution < 1.29 is 5.11 Å². The highest BCUT2D eigenvalue weighted by molar-refractivity contribution is 5.83. The van der Waals surface area contributed by atoms with E-state index in [1.165, 1.54) is 10.8 Å². The number of hydrogen-bond donors (Lipinski definition) is 2. The Balaban J connectivity index is 2.02. The van der Waals surface area contributed by atoms with Crippen LogP contribution in [0, 0.1) is 0 Å². The number of rotatable bonds is 2. The Hall–Kier alpha value is -1.38. The van der Waals surface area contributed by atoms with Gasteiger partial charge in [-0.1, -0.05) is 36.4 Å². The fourth-order valence-electron chi connectivity index (χ4n) is 2.87. The minimum absolute atomic E-state index is 0.165. The van der Waals surface area contributed by atoms with Gasteiger partial charge < -0.3 is 10.4 Å². The summed E-state index contributed by atoms with van der Waals surface area (Å²) in [5.74, 6) is 0. The number of nitrogens with one attached hydrogen (secondary N) is 1. The highest BCUT2D eigenvalue weighted by Crippen LogP contribution is 2.31. The van der Waals surface area contributed by atoms with E-state index in [1.807, 2.05) is 25.1 Å². The molecule has 2 aromatic carbocycles. The monoisotopic (exact) mass is 241 g/mol. The molecule has 2 N–H and O–H groups in total. The quantitative estimate of drug-likeness (QED) is 0.847. The standard InChI is InChI=1S/C16H19NO/c1-16(18,15-7-4-10-17-15)14-9-8-12-5-2-3-6-13(12)11-14/h2-3,5-6,8-9,11,15,17-18H,4,7,10H2,1H3/t15-,16+/m0/s1. The Labute approximate surface area is 108 Å². The van der Waals surface area contributed by atoms with Crippen molar-refractivity contribution in [3.63, 3.8) is 0 Å². The topological polar surface area (TPSA) is 32.3 Å². The smallest absolute Gasteiger partial charge is 0.102 e. The lowest BCUT2D eigenvalue weighted by atomic mass is 9.86. The second-order valence-electron chi connectivity index (χ2n) is 5.36. The summed E-state index contributed by atoms with van der Waals surface area (Å²) in [7, 11) is 0. The molecule has 0 unspecified atom stereocenters. The summed E-state index contributed by atoms with van der Waals surface area (Å²) in [6.45, 7) is 2.93. The van der Waals surface area contributed by atoms with E-state index in [2.05, 4.69) is 29.6 Å². The number of benzene rings is 2. The normalized spacial score (nSPS) is 23.1. The first-order valence-corrected chi connectivity index (χ1v) is 6.63. The van der Waals surface area contributed by atoms with E-state index >= 15 is 0 Å². The first-order valence-electron chi connectivity index (χ1n) is 6.63. The maximum atomic E-state index is 10.8. The summed E-state index contributed by atoms with van der Waals surface area (Å²) in [5, 5.41) is 16.6. The lowest BCUT2D eigenvalue weighted by molar-refractivity contribution is 0.0220. The van der Waals surface area contributed by atoms with Crippen molar-refractivity contribution in [2.45, 2.75) is 31.4 Å². The van der Waals surface area contributed by atoms with E-state index in [0.717, 1.165) is 24.9 Å². The van der Waals surface area contributed by atoms with Crippen LogP contribution in [0.15, 0.2) is 42.5 Å². The molecule has 1 heterocycles. The van der Waals surface area contributed by atoms with Gasteiger partial charge in [0.15, 0.2) is 0 Å². The molecular weight excluding hydrogens is 222 g/mol. The summed E-state index contributed by atoms with van der Waals surface area (Å²) < 4.78 is 0. The van der Waals surface area contributed by atoms with Gasteiger partial charge in [-0.05, 0) is 48.7 Å². The number of fused-ring (bicyclic) bond motifs is 1. The molecule has 0 aromatic heterocycles. The maximum absolute atomic E-state index is 10.8. The van der Waals surface area contributed by atoms with Crippen LogP contribution >= 0.6 is 0 Å². The molecule has 1 fully saturated rings. The number of hydrogen-bond acceptors (Lipinski definition) is 2. The van der Waals surface area contributed by atoms with Crippen molar-refractivity contribution in [2.24, 2.45) is 0 Å². The summed E-state index contributed by atoms with van der Waals surface area (Å²) in [5.41, 5.74) is 0.209. The van der Waals surface area contributed by atoms with Gasteiger partial charge in [0, 0.05) is 6.04 Å². The Kier molecular flexibility index (Phi) is 2.84. The van der Waals surface area contributed by atoms with Crippen LogP contribution in [0.2, 0.25) is 0 Å². The molecule has 0 radical (unpaired) electrons. The molecule has 0 aliphatic carbocycles. The van der Waals surface area contributed by atoms with Crippen LogP contribution in [0.5, 0.6) is 0 Å². The Morgan fingerprint density at radius 2 is 1.94 bits per heavy atom. The molecule has 0 spiro atoms. The van der Waals surface area contributed by atoms with Gasteiger partial charge in [0.2, 0.25) is 0 Å². The van der Waals surface area contributed by atoms with Crippen molar-refractivity contribution in [1.29, 1.82) is 0 Å². The second kappa shape index (κ2) is 4.38. The molecule has 1 saturated heterocycles. The van der Waals surface area contributed by atoms with Crippen molar-refractivity contribution in [2.75, 3.05) is 6.54 Å². The van der Waals surface area contributed by atoms with Gasteiger partial charge in [0.05, 0.1) is 0 Å². The van der Waals surface area contributed by atoms with Gasteiger partial charge in [-0.2, -0.15) is 0 Å². The summed E-state index contributed by atoms with van der Waals surface area (Å²) >= 11 is 0. The fourth-order valence-corrected chi connectivity index (χ4v) is 2.87. The fraction of sp³-hybridized carbons (Fsp3) is 0.375. The van der Waals surface area contributed by atoms with E-state index in [9.17, 15) is 5.11 Å². The summed E-state index contributed by atoms with van der Waals surface area (Å²) in [6, 6.07) is 14.7. The van der Waals surface area contributed by atoms with Gasteiger partial charge >= 0.3 is 0 Å². The van der Waals surface area contributed by atoms with Crippen molar-refractivity contribution in [1.82, 2.24) is 5.32 Å². The molecule has 2 nitrogen and oxygen atoms in total. The first-order chi connectivity index (χ1) is 8.68. The van der Waals surface area contributed by atoms with Crippen LogP contribution in [-0.2, 0) is 5.60 Å². The predicted octanol–water partition coefficient (Wildman–Crippen LogP) is 2.80. The zero-order chi connectivity index (χ0) is 12.6. The summed E-state index contributed by atoms with van der Waals surface area (Å²) in [6.07, 6.45) is 2.19. The molecular formula is C16H19NO. The molecule has 2 aromatic rings. The summed E-state index contributed by atoms with van der Waals surface area (Å²) in [4.78, 5) is 0. The van der Waals surface area contributed by atoms with Crippen molar-refractivity contribution >= 4 is 10.8 Å². The largest absolute Gasteiger partial charge is 0.384 e. The van der Waals surface area contributed by atoms with Crippen molar-refractivity contribution in [3.05, 3.63) is 48.0 Å². The highest BCUT2D eigenvalue weighted by Gasteiger charge is 2.35. The van der Waals surface area contributed by atoms with E-state index in [0.29, 0.717) is 0 Å². The molecule has 94 valence electrons. The van der Waals surface area contributed by atoms with Crippen molar-refractivity contribution in [3.8, 4) is 0 Å². The zero-order valence-corrected chi connectivity index (χ0v) is 10.7. The highest BCUT2D eigenvalue weighted by atomic mass is 16.3. The maximum Gasteiger partial charge on any atom is 0.102 e. The molecule has 18 heavy (non-hydrogen) atoms. The average Bonchev–Trinajstić information content (AvgIpc) is 2.92. The molecule has 0 saturated carbocycles. The molecule has 2 atom stereocenters. The molecule has 1 aliphatic heterocycles. The lowest BCUT2D eigenvalue weighted by Crippen LogP contribution is -2.42. The van der Waals surface area contributed by atoms with E-state index < -0.39 is 5.60 Å². The third-order valence-electron chi connectivity index (χ3n) is 4.07. The van der Waals surface area contributed by atoms with Crippen LogP contribution in [0.3, 0.4) is 0 Å². The molecule has 1 aliphatic rings. The van der Waals surface area contributed by atoms with Crippen LogP contribution in [0.1, 0.15) is 25.3 Å². The van der Waals surface area contributed by atoms with Gasteiger partial charge in [0.1, 0.15) is 5.60 Å². The zero-order valence-electron chi connectivity index (χ0n) is 10.7. The van der Waals surface area contributed by atoms with E-state index in [-0.39, 0.29) is 6.04 Å². The van der Waals surface area contributed by atoms with Gasteiger partial charge in [0.25, 0.3) is 0 Å². The molecule has 0 amide bonds. The van der Waals surface area contributed by atoms with Gasteiger partial charge in [-0.3, -0.25) is 0 Å². The van der Waals surface area contributed by atoms with Crippen LogP contribution in [0.4, 0.5) is 0 Å². The third kappa shape index (κ3) is 1.92. The number of aliphatic hydroxyl groups is 1. The SMILES string of the molecule is C[C@@](O)(c1ccc2ccccc2c1)[C@@H]1CCCN1. The average molecular weight is 241 g/mol. The van der Waals surface area contributed by atoms with Crippen LogP contribution in [0.25, 0.3) is 10.8 Å². The Bertz CT molecular complexity index is 556. The van der Waals surface area contributed by atoms with E-state index in [4.69, 9.17) is 0 Å². The Morgan fingerprint density at radius 3 is 2.67 bits per heavy atom. The first kappa shape index (κ1) is 11.7. The van der Waals surface area contributed by atoms with Gasteiger partial charge in [-0.25, -0.2) is 0 Å². The minimum Gasteiger partial charge on any atom is -0.384 e. The van der Waals surface area contributed by atoms with Crippen LogP contribution in [-0.4, -0.2) is 17.7 Å². The van der Waals surface area contributed by atoms with Crippen LogP contribution < -0.4 is 5.32 Å². The molecule has 0 bridgehead atoms.